The van der Waals surface area contributed by atoms with Gasteiger partial charge in [-0.1, -0.05) is 30.1 Å². The molecule has 1 N–H and O–H groups in total. The number of aryl methyl sites for hydroxylation is 1. The smallest absolute Gasteiger partial charge is 0.0641 e. The summed E-state index contributed by atoms with van der Waals surface area (Å²) in [6.07, 6.45) is 3.45. The van der Waals surface area contributed by atoms with E-state index >= 15 is 0 Å². The largest absolute Gasteiger partial charge is 0.381 e. The predicted molar refractivity (Wildman–Crippen MR) is 77.9 cm³/mol. The molecule has 2 atom stereocenters. The second kappa shape index (κ2) is 6.14. The van der Waals surface area contributed by atoms with Gasteiger partial charge in [-0.3, -0.25) is 0 Å². The lowest BCUT2D eigenvalue weighted by molar-refractivity contribution is 0.00926. The molecular formula is C14H19Cl2NO. The molecule has 0 aliphatic carbocycles. The Balaban J connectivity index is 2.07. The highest BCUT2D eigenvalue weighted by Gasteiger charge is 2.21. The van der Waals surface area contributed by atoms with Crippen molar-refractivity contribution in [2.45, 2.75) is 45.3 Å². The van der Waals surface area contributed by atoms with Crippen molar-refractivity contribution in [2.75, 3.05) is 11.9 Å². The topological polar surface area (TPSA) is 21.3 Å². The molecule has 1 aliphatic heterocycles. The van der Waals surface area contributed by atoms with Crippen LogP contribution in [0.5, 0.6) is 0 Å². The molecule has 0 saturated carbocycles. The van der Waals surface area contributed by atoms with Crippen molar-refractivity contribution >= 4 is 28.9 Å². The summed E-state index contributed by atoms with van der Waals surface area (Å²) in [7, 11) is 0. The fourth-order valence-electron chi connectivity index (χ4n) is 2.27. The monoisotopic (exact) mass is 287 g/mol. The van der Waals surface area contributed by atoms with Crippen LogP contribution in [0.1, 0.15) is 31.7 Å². The van der Waals surface area contributed by atoms with Crippen molar-refractivity contribution in [3.63, 3.8) is 0 Å². The highest BCUT2D eigenvalue weighted by atomic mass is 35.5. The Morgan fingerprint density at radius 2 is 2.11 bits per heavy atom. The normalized spacial score (nSPS) is 24.0. The molecule has 1 aromatic rings. The summed E-state index contributed by atoms with van der Waals surface area (Å²) in [5.41, 5.74) is 1.93. The molecule has 0 aromatic heterocycles. The van der Waals surface area contributed by atoms with Crippen LogP contribution in [0.15, 0.2) is 12.1 Å². The van der Waals surface area contributed by atoms with Crippen LogP contribution in [0.3, 0.4) is 0 Å². The first-order valence-corrected chi connectivity index (χ1v) is 7.19. The number of anilines is 1. The Morgan fingerprint density at radius 1 is 1.33 bits per heavy atom. The SMILES string of the molecule is CCC1CC(Nc2cc(Cl)c(C)cc2Cl)CCO1. The lowest BCUT2D eigenvalue weighted by atomic mass is 10.0. The average molecular weight is 288 g/mol. The van der Waals surface area contributed by atoms with Gasteiger partial charge in [-0.25, -0.2) is 0 Å². The van der Waals surface area contributed by atoms with E-state index in [1.165, 1.54) is 0 Å². The first kappa shape index (κ1) is 14.0. The second-order valence-electron chi connectivity index (χ2n) is 4.85. The first-order valence-electron chi connectivity index (χ1n) is 6.44. The fraction of sp³-hybridized carbons (Fsp3) is 0.571. The van der Waals surface area contributed by atoms with Gasteiger partial charge in [0.15, 0.2) is 0 Å². The molecule has 0 radical (unpaired) electrons. The summed E-state index contributed by atoms with van der Waals surface area (Å²) in [4.78, 5) is 0. The van der Waals surface area contributed by atoms with Gasteiger partial charge in [0, 0.05) is 17.7 Å². The second-order valence-corrected chi connectivity index (χ2v) is 5.66. The predicted octanol–water partition coefficient (Wildman–Crippen LogP) is 4.67. The number of ether oxygens (including phenoxy) is 1. The minimum atomic E-state index is 0.357. The molecule has 1 fully saturated rings. The lowest BCUT2D eigenvalue weighted by Crippen LogP contribution is -2.33. The van der Waals surface area contributed by atoms with E-state index in [1.54, 1.807) is 0 Å². The highest BCUT2D eigenvalue weighted by molar-refractivity contribution is 6.35. The third-order valence-corrected chi connectivity index (χ3v) is 4.15. The van der Waals surface area contributed by atoms with Gasteiger partial charge in [0.05, 0.1) is 16.8 Å². The Kier molecular flexibility index (Phi) is 4.77. The Labute approximate surface area is 119 Å². The molecule has 2 unspecified atom stereocenters. The zero-order valence-electron chi connectivity index (χ0n) is 10.8. The highest BCUT2D eigenvalue weighted by Crippen LogP contribution is 2.31. The maximum atomic E-state index is 6.24. The summed E-state index contributed by atoms with van der Waals surface area (Å²) in [5, 5.41) is 4.97. The van der Waals surface area contributed by atoms with Gasteiger partial charge >= 0.3 is 0 Å². The summed E-state index contributed by atoms with van der Waals surface area (Å²) in [5.74, 6) is 0. The van der Waals surface area contributed by atoms with Crippen LogP contribution < -0.4 is 5.32 Å². The third kappa shape index (κ3) is 3.31. The summed E-state index contributed by atoms with van der Waals surface area (Å²) in [6.45, 7) is 4.93. The van der Waals surface area contributed by atoms with E-state index in [0.29, 0.717) is 12.1 Å². The minimum Gasteiger partial charge on any atom is -0.381 e. The molecule has 1 heterocycles. The van der Waals surface area contributed by atoms with E-state index in [9.17, 15) is 0 Å². The Hall–Kier alpha value is -0.440. The van der Waals surface area contributed by atoms with E-state index < -0.39 is 0 Å². The molecule has 1 aromatic carbocycles. The van der Waals surface area contributed by atoms with E-state index in [4.69, 9.17) is 27.9 Å². The molecule has 4 heteroatoms. The molecule has 18 heavy (non-hydrogen) atoms. The van der Waals surface area contributed by atoms with Gasteiger partial charge in [-0.05, 0) is 43.9 Å². The summed E-state index contributed by atoms with van der Waals surface area (Å²) < 4.78 is 5.67. The minimum absolute atomic E-state index is 0.357. The molecule has 2 rings (SSSR count). The van der Waals surface area contributed by atoms with Crippen LogP contribution in [0.2, 0.25) is 10.0 Å². The molecule has 0 spiro atoms. The quantitative estimate of drug-likeness (QED) is 0.872. The molecule has 1 saturated heterocycles. The zero-order valence-corrected chi connectivity index (χ0v) is 12.3. The number of hydrogen-bond acceptors (Lipinski definition) is 2. The number of hydrogen-bond donors (Lipinski definition) is 1. The first-order chi connectivity index (χ1) is 8.60. The third-order valence-electron chi connectivity index (χ3n) is 3.43. The van der Waals surface area contributed by atoms with E-state index in [2.05, 4.69) is 12.2 Å². The van der Waals surface area contributed by atoms with Gasteiger partial charge in [0.25, 0.3) is 0 Å². The molecule has 0 bridgehead atoms. The van der Waals surface area contributed by atoms with Crippen LogP contribution in [0, 0.1) is 6.92 Å². The van der Waals surface area contributed by atoms with Crippen LogP contribution in [-0.4, -0.2) is 18.8 Å². The van der Waals surface area contributed by atoms with Crippen LogP contribution in [-0.2, 0) is 4.74 Å². The van der Waals surface area contributed by atoms with Gasteiger partial charge in [-0.15, -0.1) is 0 Å². The van der Waals surface area contributed by atoms with Crippen molar-refractivity contribution in [3.8, 4) is 0 Å². The maximum Gasteiger partial charge on any atom is 0.0641 e. The lowest BCUT2D eigenvalue weighted by Gasteiger charge is -2.30. The van der Waals surface area contributed by atoms with E-state index in [0.717, 1.165) is 47.2 Å². The fourth-order valence-corrected chi connectivity index (χ4v) is 2.71. The molecule has 0 amide bonds. The van der Waals surface area contributed by atoms with Crippen molar-refractivity contribution in [2.24, 2.45) is 0 Å². The Morgan fingerprint density at radius 3 is 2.83 bits per heavy atom. The van der Waals surface area contributed by atoms with Crippen molar-refractivity contribution < 1.29 is 4.74 Å². The number of halogens is 2. The van der Waals surface area contributed by atoms with Crippen molar-refractivity contribution in [1.29, 1.82) is 0 Å². The van der Waals surface area contributed by atoms with Gasteiger partial charge in [-0.2, -0.15) is 0 Å². The van der Waals surface area contributed by atoms with E-state index in [-0.39, 0.29) is 0 Å². The average Bonchev–Trinajstić information content (AvgIpc) is 2.36. The van der Waals surface area contributed by atoms with Crippen LogP contribution in [0.25, 0.3) is 0 Å². The Bertz CT molecular complexity index is 423. The number of nitrogens with one attached hydrogen (secondary N) is 1. The molecular weight excluding hydrogens is 269 g/mol. The van der Waals surface area contributed by atoms with Crippen LogP contribution in [0.4, 0.5) is 5.69 Å². The maximum absolute atomic E-state index is 6.24. The van der Waals surface area contributed by atoms with Crippen molar-refractivity contribution in [3.05, 3.63) is 27.7 Å². The number of rotatable bonds is 3. The zero-order chi connectivity index (χ0) is 13.1. The molecule has 2 nitrogen and oxygen atoms in total. The summed E-state index contributed by atoms with van der Waals surface area (Å²) in [6, 6.07) is 4.23. The van der Waals surface area contributed by atoms with Gasteiger partial charge in [0.1, 0.15) is 0 Å². The van der Waals surface area contributed by atoms with Crippen LogP contribution >= 0.6 is 23.2 Å². The van der Waals surface area contributed by atoms with Gasteiger partial charge in [0.2, 0.25) is 0 Å². The van der Waals surface area contributed by atoms with Gasteiger partial charge < -0.3 is 10.1 Å². The summed E-state index contributed by atoms with van der Waals surface area (Å²) >= 11 is 12.4. The standard InChI is InChI=1S/C14H19Cl2NO/c1-3-11-7-10(4-5-18-11)17-14-8-12(15)9(2)6-13(14)16/h6,8,10-11,17H,3-5,7H2,1-2H3. The molecule has 100 valence electrons. The molecule has 1 aliphatic rings. The van der Waals surface area contributed by atoms with E-state index in [1.807, 2.05) is 19.1 Å². The van der Waals surface area contributed by atoms with Crippen molar-refractivity contribution in [1.82, 2.24) is 0 Å². The number of benzene rings is 1.